The van der Waals surface area contributed by atoms with Crippen molar-refractivity contribution in [2.24, 2.45) is 0 Å². The molecule has 0 fully saturated rings. The summed E-state index contributed by atoms with van der Waals surface area (Å²) < 4.78 is 5.18. The summed E-state index contributed by atoms with van der Waals surface area (Å²) in [7, 11) is 0. The molecule has 0 aliphatic rings. The molecule has 0 aliphatic carbocycles. The number of hydrogen-bond donors (Lipinski definition) is 0. The molecule has 0 radical (unpaired) electrons. The Morgan fingerprint density at radius 1 is 0.281 bits per heavy atom. The van der Waals surface area contributed by atoms with E-state index in [-0.39, 0.29) is 5.48 Å². The number of hydrogen-bond acceptors (Lipinski definition) is 1. The maximum absolute atomic E-state index is 2.33. The van der Waals surface area contributed by atoms with Gasteiger partial charge in [0.1, 0.15) is 0 Å². The zero-order valence-electron chi connectivity index (χ0n) is 23.0. The third kappa shape index (κ3) is 28.9. The van der Waals surface area contributed by atoms with E-state index in [4.69, 9.17) is 0 Å². The average Bonchev–Trinajstić information content (AvgIpc) is 2.78. The molecule has 0 aromatic carbocycles. The van der Waals surface area contributed by atoms with E-state index >= 15 is 0 Å². The summed E-state index contributed by atoms with van der Waals surface area (Å²) in [6.45, 7) is 6.98. The van der Waals surface area contributed by atoms with Crippen LogP contribution in [-0.2, 0) is 21.8 Å². The molecule has 0 atom stereocenters. The summed E-state index contributed by atoms with van der Waals surface area (Å²) in [5.74, 6) is 0. The van der Waals surface area contributed by atoms with Crippen LogP contribution in [0.1, 0.15) is 175 Å². The SMILES string of the molecule is CCCCCCCCC[CH2][Zr+]([CH2]CCCCCCCCC)[CH2]CCCCCCCCC.[OH-]. The van der Waals surface area contributed by atoms with Crippen LogP contribution < -0.4 is 0 Å². The van der Waals surface area contributed by atoms with E-state index in [2.05, 4.69) is 20.8 Å². The van der Waals surface area contributed by atoms with E-state index in [9.17, 15) is 0 Å². The number of unbranched alkanes of at least 4 members (excludes halogenated alkanes) is 21. The fourth-order valence-electron chi connectivity index (χ4n) is 4.90. The minimum atomic E-state index is -1.06. The van der Waals surface area contributed by atoms with Gasteiger partial charge in [0.2, 0.25) is 0 Å². The van der Waals surface area contributed by atoms with E-state index < -0.39 is 21.8 Å². The minimum absolute atomic E-state index is 0. The molecular weight excluding hydrogens is 468 g/mol. The Morgan fingerprint density at radius 3 is 0.688 bits per heavy atom. The standard InChI is InChI=1S/3C10H21.H2O.Zr/c3*1-3-5-7-9-10-8-6-4-2;;/h3*1,3-10H2,2H3;1H2;/q;;;;+1/p-1. The minimum Gasteiger partial charge on any atom is -0.870 e. The van der Waals surface area contributed by atoms with Gasteiger partial charge in [-0.3, -0.25) is 0 Å². The van der Waals surface area contributed by atoms with Gasteiger partial charge < -0.3 is 5.48 Å². The van der Waals surface area contributed by atoms with Crippen molar-refractivity contribution < 1.29 is 27.2 Å². The van der Waals surface area contributed by atoms with Gasteiger partial charge in [0.25, 0.3) is 0 Å². The molecule has 0 spiro atoms. The molecule has 2 heteroatoms. The summed E-state index contributed by atoms with van der Waals surface area (Å²) in [6, 6.07) is 0. The van der Waals surface area contributed by atoms with Crippen LogP contribution in [0.2, 0.25) is 12.4 Å². The third-order valence-electron chi connectivity index (χ3n) is 7.15. The summed E-state index contributed by atoms with van der Waals surface area (Å²) in [6.07, 6.45) is 36.0. The zero-order chi connectivity index (χ0) is 22.7. The summed E-state index contributed by atoms with van der Waals surface area (Å²) in [5, 5.41) is 0. The maximum Gasteiger partial charge on any atom is -0.870 e. The Balaban J connectivity index is 0. The van der Waals surface area contributed by atoms with E-state index in [0.29, 0.717) is 0 Å². The van der Waals surface area contributed by atoms with Crippen LogP contribution >= 0.6 is 0 Å². The van der Waals surface area contributed by atoms with Gasteiger partial charge in [-0.1, -0.05) is 0 Å². The van der Waals surface area contributed by atoms with Gasteiger partial charge in [-0.25, -0.2) is 0 Å². The molecule has 0 amide bonds. The van der Waals surface area contributed by atoms with Gasteiger partial charge in [0.15, 0.2) is 0 Å². The van der Waals surface area contributed by atoms with Crippen molar-refractivity contribution >= 4 is 0 Å². The smallest absolute Gasteiger partial charge is 0.870 e. The van der Waals surface area contributed by atoms with Crippen molar-refractivity contribution in [3.05, 3.63) is 0 Å². The van der Waals surface area contributed by atoms with Crippen LogP contribution in [0, 0.1) is 0 Å². The quantitative estimate of drug-likeness (QED) is 0.0969. The Labute approximate surface area is 213 Å². The molecule has 1 nitrogen and oxygen atoms in total. The van der Waals surface area contributed by atoms with Gasteiger partial charge in [0, 0.05) is 0 Å². The third-order valence-corrected chi connectivity index (χ3v) is 15.0. The predicted octanol–water partition coefficient (Wildman–Crippen LogP) is 12.1. The maximum atomic E-state index is 2.33. The Hall–Kier alpha value is 0.843. The Kier molecular flexibility index (Phi) is 34.8. The summed E-state index contributed by atoms with van der Waals surface area (Å²) >= 11 is -1.06. The second-order valence-electron chi connectivity index (χ2n) is 10.4. The molecule has 0 aromatic heterocycles. The van der Waals surface area contributed by atoms with E-state index in [1.54, 1.807) is 50.9 Å². The average molecular weight is 532 g/mol. The summed E-state index contributed by atoms with van der Waals surface area (Å²) in [4.78, 5) is 0. The van der Waals surface area contributed by atoms with Gasteiger partial charge in [-0.05, 0) is 0 Å². The van der Waals surface area contributed by atoms with Gasteiger partial charge in [-0.2, -0.15) is 0 Å². The topological polar surface area (TPSA) is 30.0 Å². The van der Waals surface area contributed by atoms with E-state index in [1.807, 2.05) is 0 Å². The Bertz CT molecular complexity index is 260. The van der Waals surface area contributed by atoms with Crippen LogP contribution in [0.15, 0.2) is 0 Å². The van der Waals surface area contributed by atoms with E-state index in [0.717, 1.165) is 0 Å². The van der Waals surface area contributed by atoms with Crippen LogP contribution in [0.5, 0.6) is 0 Å². The van der Waals surface area contributed by atoms with Crippen molar-refractivity contribution in [2.75, 3.05) is 0 Å². The molecule has 1 N–H and O–H groups in total. The first-order chi connectivity index (χ1) is 15.3. The first-order valence-electron chi connectivity index (χ1n) is 15.2. The number of rotatable bonds is 27. The van der Waals surface area contributed by atoms with Crippen LogP contribution in [0.4, 0.5) is 0 Å². The van der Waals surface area contributed by atoms with Gasteiger partial charge in [-0.15, -0.1) is 0 Å². The second-order valence-corrected chi connectivity index (χ2v) is 17.8. The zero-order valence-corrected chi connectivity index (χ0v) is 25.5. The van der Waals surface area contributed by atoms with Crippen molar-refractivity contribution in [3.63, 3.8) is 0 Å². The first-order valence-corrected chi connectivity index (χ1v) is 20.4. The molecule has 0 saturated heterocycles. The van der Waals surface area contributed by atoms with Crippen molar-refractivity contribution in [3.8, 4) is 0 Å². The molecule has 0 unspecified atom stereocenters. The van der Waals surface area contributed by atoms with Gasteiger partial charge >= 0.3 is 209 Å². The molecule has 0 rings (SSSR count). The second kappa shape index (κ2) is 31.8. The monoisotopic (exact) mass is 530 g/mol. The van der Waals surface area contributed by atoms with Crippen molar-refractivity contribution in [1.29, 1.82) is 0 Å². The van der Waals surface area contributed by atoms with Crippen LogP contribution in [0.25, 0.3) is 0 Å². The molecule has 194 valence electrons. The van der Waals surface area contributed by atoms with Crippen LogP contribution in [0.3, 0.4) is 0 Å². The largest absolute Gasteiger partial charge is 0.870 e. The molecule has 0 heterocycles. The van der Waals surface area contributed by atoms with Crippen molar-refractivity contribution in [2.45, 2.75) is 187 Å². The first kappa shape index (κ1) is 35.0. The fraction of sp³-hybridized carbons (Fsp3) is 1.00. The van der Waals surface area contributed by atoms with Crippen molar-refractivity contribution in [1.82, 2.24) is 0 Å². The van der Waals surface area contributed by atoms with E-state index in [1.165, 1.54) is 116 Å². The molecule has 0 bridgehead atoms. The predicted molar refractivity (Wildman–Crippen MR) is 144 cm³/mol. The summed E-state index contributed by atoms with van der Waals surface area (Å²) in [5.41, 5.74) is 0. The molecule has 0 aromatic rings. The molecule has 0 aliphatic heterocycles. The molecule has 32 heavy (non-hydrogen) atoms. The van der Waals surface area contributed by atoms with Crippen LogP contribution in [-0.4, -0.2) is 5.48 Å². The molecule has 0 saturated carbocycles. The Morgan fingerprint density at radius 2 is 0.469 bits per heavy atom. The van der Waals surface area contributed by atoms with Gasteiger partial charge in [0.05, 0.1) is 0 Å². The molecular formula is C30H64OZr. The normalized spacial score (nSPS) is 11.0. The fourth-order valence-corrected chi connectivity index (χ4v) is 12.3.